The van der Waals surface area contributed by atoms with Crippen molar-refractivity contribution in [1.82, 2.24) is 4.98 Å². The zero-order valence-corrected chi connectivity index (χ0v) is 14.5. The van der Waals surface area contributed by atoms with E-state index in [-0.39, 0.29) is 0 Å². The molecule has 4 rings (SSSR count). The van der Waals surface area contributed by atoms with Gasteiger partial charge in [-0.1, -0.05) is 60.2 Å². The Morgan fingerprint density at radius 3 is 2.16 bits per heavy atom. The van der Waals surface area contributed by atoms with Crippen molar-refractivity contribution in [3.63, 3.8) is 0 Å². The fourth-order valence-electron chi connectivity index (χ4n) is 3.27. The van der Waals surface area contributed by atoms with Crippen molar-refractivity contribution in [1.29, 1.82) is 0 Å². The SMILES string of the molecule is Cc1cc(C)c2nc(Nc3ccccc3)cc(-c3ccccc3)c2c1. The van der Waals surface area contributed by atoms with Crippen LogP contribution in [0.25, 0.3) is 22.0 Å². The van der Waals surface area contributed by atoms with E-state index in [0.29, 0.717) is 0 Å². The predicted octanol–water partition coefficient (Wildman–Crippen LogP) is 6.26. The van der Waals surface area contributed by atoms with E-state index in [2.05, 4.69) is 73.8 Å². The molecule has 0 fully saturated rings. The van der Waals surface area contributed by atoms with Gasteiger partial charge in [0.05, 0.1) is 5.52 Å². The van der Waals surface area contributed by atoms with Gasteiger partial charge in [-0.3, -0.25) is 0 Å². The quantitative estimate of drug-likeness (QED) is 0.481. The van der Waals surface area contributed by atoms with Crippen molar-refractivity contribution in [2.75, 3.05) is 5.32 Å². The molecule has 25 heavy (non-hydrogen) atoms. The number of para-hydroxylation sites is 1. The molecule has 2 nitrogen and oxygen atoms in total. The van der Waals surface area contributed by atoms with Gasteiger partial charge in [0.1, 0.15) is 5.82 Å². The van der Waals surface area contributed by atoms with E-state index in [4.69, 9.17) is 4.98 Å². The van der Waals surface area contributed by atoms with E-state index in [1.165, 1.54) is 27.6 Å². The smallest absolute Gasteiger partial charge is 0.131 e. The molecule has 0 aliphatic carbocycles. The minimum Gasteiger partial charge on any atom is -0.340 e. The van der Waals surface area contributed by atoms with E-state index >= 15 is 0 Å². The second-order valence-electron chi connectivity index (χ2n) is 6.39. The lowest BCUT2D eigenvalue weighted by Crippen LogP contribution is -1.97. The van der Waals surface area contributed by atoms with Crippen LogP contribution in [-0.2, 0) is 0 Å². The Balaban J connectivity index is 1.94. The maximum atomic E-state index is 4.89. The molecule has 1 heterocycles. The Hall–Kier alpha value is -3.13. The minimum atomic E-state index is 0.865. The van der Waals surface area contributed by atoms with E-state index < -0.39 is 0 Å². The highest BCUT2D eigenvalue weighted by atomic mass is 15.0. The number of rotatable bonds is 3. The third-order valence-electron chi connectivity index (χ3n) is 4.38. The van der Waals surface area contributed by atoms with Crippen molar-refractivity contribution < 1.29 is 0 Å². The van der Waals surface area contributed by atoms with Crippen LogP contribution >= 0.6 is 0 Å². The number of benzene rings is 3. The van der Waals surface area contributed by atoms with E-state index in [0.717, 1.165) is 17.0 Å². The third kappa shape index (κ3) is 3.11. The van der Waals surface area contributed by atoms with Crippen LogP contribution in [0.1, 0.15) is 11.1 Å². The third-order valence-corrected chi connectivity index (χ3v) is 4.38. The summed E-state index contributed by atoms with van der Waals surface area (Å²) in [5.74, 6) is 0.865. The van der Waals surface area contributed by atoms with Gasteiger partial charge in [0, 0.05) is 11.1 Å². The molecule has 0 saturated carbocycles. The Bertz CT molecular complexity index is 1020. The van der Waals surface area contributed by atoms with Crippen molar-refractivity contribution >= 4 is 22.4 Å². The lowest BCUT2D eigenvalue weighted by Gasteiger charge is -2.14. The molecule has 0 saturated heterocycles. The van der Waals surface area contributed by atoms with E-state index in [1.54, 1.807) is 0 Å². The number of fused-ring (bicyclic) bond motifs is 1. The van der Waals surface area contributed by atoms with Gasteiger partial charge in [-0.05, 0) is 54.8 Å². The molecule has 1 N–H and O–H groups in total. The monoisotopic (exact) mass is 324 g/mol. The molecule has 0 bridgehead atoms. The van der Waals surface area contributed by atoms with E-state index in [9.17, 15) is 0 Å². The van der Waals surface area contributed by atoms with Crippen molar-refractivity contribution in [2.24, 2.45) is 0 Å². The van der Waals surface area contributed by atoms with Crippen LogP contribution in [0.2, 0.25) is 0 Å². The lowest BCUT2D eigenvalue weighted by molar-refractivity contribution is 1.32. The molecule has 0 atom stereocenters. The van der Waals surface area contributed by atoms with Crippen LogP contribution in [0, 0.1) is 13.8 Å². The van der Waals surface area contributed by atoms with Gasteiger partial charge in [-0.2, -0.15) is 0 Å². The fraction of sp³-hybridized carbons (Fsp3) is 0.0870. The van der Waals surface area contributed by atoms with Crippen LogP contribution in [0.5, 0.6) is 0 Å². The number of nitrogens with one attached hydrogen (secondary N) is 1. The Kier molecular flexibility index (Phi) is 3.95. The van der Waals surface area contributed by atoms with Gasteiger partial charge < -0.3 is 5.32 Å². The second kappa shape index (κ2) is 6.40. The lowest BCUT2D eigenvalue weighted by atomic mass is 9.97. The van der Waals surface area contributed by atoms with Crippen LogP contribution in [0.3, 0.4) is 0 Å². The van der Waals surface area contributed by atoms with Gasteiger partial charge in [-0.15, -0.1) is 0 Å². The first-order valence-electron chi connectivity index (χ1n) is 8.50. The number of aromatic nitrogens is 1. The molecule has 0 unspecified atom stereocenters. The molecule has 0 aliphatic rings. The molecule has 0 amide bonds. The van der Waals surface area contributed by atoms with Crippen molar-refractivity contribution in [2.45, 2.75) is 13.8 Å². The second-order valence-corrected chi connectivity index (χ2v) is 6.39. The Labute approximate surface area is 148 Å². The molecule has 0 spiro atoms. The molecule has 1 aromatic heterocycles. The predicted molar refractivity (Wildman–Crippen MR) is 106 cm³/mol. The summed E-state index contributed by atoms with van der Waals surface area (Å²) in [5.41, 5.74) is 6.95. The highest BCUT2D eigenvalue weighted by molar-refractivity contribution is 5.98. The van der Waals surface area contributed by atoms with Gasteiger partial charge in [0.25, 0.3) is 0 Å². The molecule has 2 heteroatoms. The number of hydrogen-bond donors (Lipinski definition) is 1. The summed E-state index contributed by atoms with van der Waals surface area (Å²) in [6.07, 6.45) is 0. The first-order chi connectivity index (χ1) is 12.2. The Morgan fingerprint density at radius 2 is 1.44 bits per heavy atom. The first kappa shape index (κ1) is 15.4. The summed E-state index contributed by atoms with van der Waals surface area (Å²) in [5, 5.41) is 4.63. The zero-order chi connectivity index (χ0) is 17.2. The summed E-state index contributed by atoms with van der Waals surface area (Å²) in [6.45, 7) is 4.26. The highest BCUT2D eigenvalue weighted by Crippen LogP contribution is 2.33. The molecule has 0 aliphatic heterocycles. The number of pyridine rings is 1. The highest BCUT2D eigenvalue weighted by Gasteiger charge is 2.10. The number of hydrogen-bond acceptors (Lipinski definition) is 2. The summed E-state index contributed by atoms with van der Waals surface area (Å²) in [4.78, 5) is 4.89. The summed E-state index contributed by atoms with van der Waals surface area (Å²) in [7, 11) is 0. The Morgan fingerprint density at radius 1 is 0.760 bits per heavy atom. The normalized spacial score (nSPS) is 10.8. The van der Waals surface area contributed by atoms with Gasteiger partial charge in [-0.25, -0.2) is 4.98 Å². The van der Waals surface area contributed by atoms with Gasteiger partial charge in [0.15, 0.2) is 0 Å². The fourth-order valence-corrected chi connectivity index (χ4v) is 3.27. The first-order valence-corrected chi connectivity index (χ1v) is 8.50. The molecule has 0 radical (unpaired) electrons. The number of aryl methyl sites for hydroxylation is 2. The zero-order valence-electron chi connectivity index (χ0n) is 14.5. The van der Waals surface area contributed by atoms with Gasteiger partial charge in [0.2, 0.25) is 0 Å². The standard InChI is InChI=1S/C23H20N2/c1-16-13-17(2)23-21(14-16)20(18-9-5-3-6-10-18)15-22(25-23)24-19-11-7-4-8-12-19/h3-15H,1-2H3,(H,24,25). The van der Waals surface area contributed by atoms with Crippen molar-refractivity contribution in [3.8, 4) is 11.1 Å². The summed E-state index contributed by atoms with van der Waals surface area (Å²) in [6, 6.07) is 27.2. The average molecular weight is 324 g/mol. The van der Waals surface area contributed by atoms with Crippen LogP contribution < -0.4 is 5.32 Å². The maximum Gasteiger partial charge on any atom is 0.131 e. The van der Waals surface area contributed by atoms with E-state index in [1.807, 2.05) is 24.3 Å². The van der Waals surface area contributed by atoms with Crippen molar-refractivity contribution in [3.05, 3.63) is 90.0 Å². The number of nitrogens with zero attached hydrogens (tertiary/aromatic N) is 1. The topological polar surface area (TPSA) is 24.9 Å². The summed E-state index contributed by atoms with van der Waals surface area (Å²) < 4.78 is 0. The molecule has 3 aromatic carbocycles. The van der Waals surface area contributed by atoms with Gasteiger partial charge >= 0.3 is 0 Å². The molecular weight excluding hydrogens is 304 g/mol. The largest absolute Gasteiger partial charge is 0.340 e. The minimum absolute atomic E-state index is 0.865. The molecular formula is C23H20N2. The molecule has 4 aromatic rings. The molecule has 122 valence electrons. The summed E-state index contributed by atoms with van der Waals surface area (Å²) >= 11 is 0. The number of anilines is 2. The van der Waals surface area contributed by atoms with Crippen LogP contribution in [-0.4, -0.2) is 4.98 Å². The van der Waals surface area contributed by atoms with Crippen LogP contribution in [0.15, 0.2) is 78.9 Å². The van der Waals surface area contributed by atoms with Crippen LogP contribution in [0.4, 0.5) is 11.5 Å². The average Bonchev–Trinajstić information content (AvgIpc) is 2.63. The maximum absolute atomic E-state index is 4.89.